The molecular formula is C20H22N4O6S. The van der Waals surface area contributed by atoms with Crippen molar-refractivity contribution < 1.29 is 27.5 Å². The number of nitrogens with one attached hydrogen (secondary N) is 4. The number of hydrogen-bond acceptors (Lipinski definition) is 6. The van der Waals surface area contributed by atoms with Crippen LogP contribution in [0.4, 0.5) is 17.1 Å². The Balaban J connectivity index is 1.86. The fraction of sp³-hybridized carbons (Fsp3) is 0.250. The molecule has 0 saturated heterocycles. The maximum Gasteiger partial charge on any atom is 0.262 e. The first-order chi connectivity index (χ1) is 14.5. The van der Waals surface area contributed by atoms with Gasteiger partial charge in [0, 0.05) is 12.6 Å². The van der Waals surface area contributed by atoms with Crippen LogP contribution in [-0.2, 0) is 19.6 Å². The molecule has 0 saturated carbocycles. The molecule has 4 N–H and O–H groups in total. The van der Waals surface area contributed by atoms with Crippen LogP contribution >= 0.6 is 0 Å². The first kappa shape index (κ1) is 22.1. The third-order valence-electron chi connectivity index (χ3n) is 4.36. The Morgan fingerprint density at radius 1 is 1.16 bits per heavy atom. The van der Waals surface area contributed by atoms with Crippen molar-refractivity contribution in [3.05, 3.63) is 47.5 Å². The van der Waals surface area contributed by atoms with Gasteiger partial charge >= 0.3 is 0 Å². The first-order valence-electron chi connectivity index (χ1n) is 9.29. The number of rotatable bonds is 6. The summed E-state index contributed by atoms with van der Waals surface area (Å²) >= 11 is 0. The molecule has 1 atom stereocenters. The number of anilines is 3. The van der Waals surface area contributed by atoms with E-state index in [1.807, 2.05) is 0 Å². The van der Waals surface area contributed by atoms with Gasteiger partial charge in [-0.1, -0.05) is 6.07 Å². The van der Waals surface area contributed by atoms with Gasteiger partial charge in [0.05, 0.1) is 29.2 Å². The molecule has 0 fully saturated rings. The Morgan fingerprint density at radius 3 is 2.58 bits per heavy atom. The Morgan fingerprint density at radius 2 is 1.90 bits per heavy atom. The van der Waals surface area contributed by atoms with E-state index in [4.69, 9.17) is 4.74 Å². The van der Waals surface area contributed by atoms with Gasteiger partial charge < -0.3 is 20.7 Å². The Kier molecular flexibility index (Phi) is 6.16. The molecule has 11 heteroatoms. The number of ether oxygens (including phenoxy) is 1. The average molecular weight is 446 g/mol. The van der Waals surface area contributed by atoms with E-state index in [-0.39, 0.29) is 29.7 Å². The molecule has 164 valence electrons. The molecule has 0 bridgehead atoms. The number of fused-ring (bicyclic) bond motifs is 1. The van der Waals surface area contributed by atoms with Crippen molar-refractivity contribution >= 4 is 44.8 Å². The fourth-order valence-corrected chi connectivity index (χ4v) is 3.61. The van der Waals surface area contributed by atoms with Gasteiger partial charge in [0.2, 0.25) is 15.9 Å². The lowest BCUT2D eigenvalue weighted by Crippen LogP contribution is -2.29. The maximum absolute atomic E-state index is 13.0. The van der Waals surface area contributed by atoms with E-state index in [2.05, 4.69) is 20.7 Å². The molecule has 1 aliphatic rings. The van der Waals surface area contributed by atoms with Gasteiger partial charge in [-0.15, -0.1) is 0 Å². The summed E-state index contributed by atoms with van der Waals surface area (Å²) in [5, 5.41) is 8.07. The lowest BCUT2D eigenvalue weighted by atomic mass is 10.1. The monoisotopic (exact) mass is 446 g/mol. The van der Waals surface area contributed by atoms with Gasteiger partial charge in [0.15, 0.2) is 6.61 Å². The van der Waals surface area contributed by atoms with Crippen LogP contribution < -0.4 is 25.4 Å². The molecule has 2 aromatic rings. The predicted molar refractivity (Wildman–Crippen MR) is 116 cm³/mol. The second-order valence-electron chi connectivity index (χ2n) is 7.10. The predicted octanol–water partition coefficient (Wildman–Crippen LogP) is 1.84. The summed E-state index contributed by atoms with van der Waals surface area (Å²) < 4.78 is 31.0. The van der Waals surface area contributed by atoms with E-state index in [0.29, 0.717) is 22.7 Å². The van der Waals surface area contributed by atoms with Gasteiger partial charge in [-0.25, -0.2) is 8.42 Å². The van der Waals surface area contributed by atoms with E-state index in [1.54, 1.807) is 25.1 Å². The standard InChI is InChI=1S/C20H22N4O6S/c1-11(13-4-7-18-17(8-13)23-19(26)10-30-18)21-20(27)15-9-14(22-12(2)25)5-6-16(15)24-31(3,28)29/h4-9,11,24H,10H2,1-3H3,(H,21,27)(H,22,25)(H,23,26). The highest BCUT2D eigenvalue weighted by molar-refractivity contribution is 7.92. The summed E-state index contributed by atoms with van der Waals surface area (Å²) in [7, 11) is -3.64. The number of benzene rings is 2. The largest absolute Gasteiger partial charge is 0.482 e. The van der Waals surface area contributed by atoms with E-state index < -0.39 is 22.0 Å². The second kappa shape index (κ2) is 8.64. The van der Waals surface area contributed by atoms with Crippen LogP contribution in [0.2, 0.25) is 0 Å². The average Bonchev–Trinajstić information content (AvgIpc) is 2.66. The summed E-state index contributed by atoms with van der Waals surface area (Å²) in [5.41, 5.74) is 1.67. The number of carbonyl (C=O) groups excluding carboxylic acids is 3. The van der Waals surface area contributed by atoms with Crippen LogP contribution in [0.1, 0.15) is 35.8 Å². The van der Waals surface area contributed by atoms with Crippen LogP contribution in [-0.4, -0.2) is 39.0 Å². The molecule has 0 spiro atoms. The molecule has 1 heterocycles. The summed E-state index contributed by atoms with van der Waals surface area (Å²) in [6.45, 7) is 3.01. The molecule has 10 nitrogen and oxygen atoms in total. The molecule has 1 unspecified atom stereocenters. The molecule has 0 aliphatic carbocycles. The molecule has 0 radical (unpaired) electrons. The molecule has 0 aromatic heterocycles. The van der Waals surface area contributed by atoms with Gasteiger partial charge in [-0.2, -0.15) is 0 Å². The van der Waals surface area contributed by atoms with Crippen LogP contribution in [0.3, 0.4) is 0 Å². The number of sulfonamides is 1. The molecule has 3 rings (SSSR count). The Hall–Kier alpha value is -3.60. The Bertz CT molecular complexity index is 1160. The highest BCUT2D eigenvalue weighted by Gasteiger charge is 2.21. The van der Waals surface area contributed by atoms with Crippen LogP contribution in [0, 0.1) is 0 Å². The zero-order valence-corrected chi connectivity index (χ0v) is 17.9. The van der Waals surface area contributed by atoms with Gasteiger partial charge in [-0.05, 0) is 42.8 Å². The topological polar surface area (TPSA) is 143 Å². The lowest BCUT2D eigenvalue weighted by Gasteiger charge is -2.21. The van der Waals surface area contributed by atoms with E-state index in [1.165, 1.54) is 25.1 Å². The highest BCUT2D eigenvalue weighted by Crippen LogP contribution is 2.31. The van der Waals surface area contributed by atoms with Crippen molar-refractivity contribution in [2.24, 2.45) is 0 Å². The summed E-state index contributed by atoms with van der Waals surface area (Å²) in [5.74, 6) is -0.622. The minimum absolute atomic E-state index is 0.0399. The van der Waals surface area contributed by atoms with Crippen LogP contribution in [0.5, 0.6) is 5.75 Å². The lowest BCUT2D eigenvalue weighted by molar-refractivity contribution is -0.118. The number of amides is 3. The molecule has 31 heavy (non-hydrogen) atoms. The minimum atomic E-state index is -3.64. The molecular weight excluding hydrogens is 424 g/mol. The molecule has 2 aromatic carbocycles. The van der Waals surface area contributed by atoms with E-state index in [9.17, 15) is 22.8 Å². The number of hydrogen-bond donors (Lipinski definition) is 4. The fourth-order valence-electron chi connectivity index (χ4n) is 3.03. The van der Waals surface area contributed by atoms with Crippen molar-refractivity contribution in [3.8, 4) is 5.75 Å². The summed E-state index contributed by atoms with van der Waals surface area (Å²) in [4.78, 5) is 35.8. The van der Waals surface area contributed by atoms with Crippen molar-refractivity contribution in [1.29, 1.82) is 0 Å². The first-order valence-corrected chi connectivity index (χ1v) is 11.2. The summed E-state index contributed by atoms with van der Waals surface area (Å²) in [6, 6.07) is 8.94. The maximum atomic E-state index is 13.0. The third kappa shape index (κ3) is 5.72. The van der Waals surface area contributed by atoms with Crippen molar-refractivity contribution in [2.45, 2.75) is 19.9 Å². The zero-order valence-electron chi connectivity index (χ0n) is 17.1. The van der Waals surface area contributed by atoms with Crippen LogP contribution in [0.15, 0.2) is 36.4 Å². The summed E-state index contributed by atoms with van der Waals surface area (Å²) in [6.07, 6.45) is 0.975. The smallest absolute Gasteiger partial charge is 0.262 e. The second-order valence-corrected chi connectivity index (χ2v) is 8.85. The van der Waals surface area contributed by atoms with Crippen molar-refractivity contribution in [3.63, 3.8) is 0 Å². The van der Waals surface area contributed by atoms with Gasteiger partial charge in [0.1, 0.15) is 5.75 Å². The third-order valence-corrected chi connectivity index (χ3v) is 4.95. The van der Waals surface area contributed by atoms with E-state index in [0.717, 1.165) is 6.26 Å². The number of carbonyl (C=O) groups is 3. The van der Waals surface area contributed by atoms with Gasteiger partial charge in [0.25, 0.3) is 11.8 Å². The zero-order chi connectivity index (χ0) is 22.8. The Labute approximate surface area is 179 Å². The minimum Gasteiger partial charge on any atom is -0.482 e. The van der Waals surface area contributed by atoms with E-state index >= 15 is 0 Å². The van der Waals surface area contributed by atoms with Gasteiger partial charge in [-0.3, -0.25) is 19.1 Å². The van der Waals surface area contributed by atoms with Crippen LogP contribution in [0.25, 0.3) is 0 Å². The molecule has 1 aliphatic heterocycles. The van der Waals surface area contributed by atoms with Crippen molar-refractivity contribution in [1.82, 2.24) is 5.32 Å². The van der Waals surface area contributed by atoms with Crippen molar-refractivity contribution in [2.75, 3.05) is 28.2 Å². The normalized spacial score (nSPS) is 13.8. The SMILES string of the molecule is CC(=O)Nc1ccc(NS(C)(=O)=O)c(C(=O)NC(C)c2ccc3c(c2)NC(=O)CO3)c1. The molecule has 3 amide bonds. The highest BCUT2D eigenvalue weighted by atomic mass is 32.2. The quantitative estimate of drug-likeness (QED) is 0.533.